The van der Waals surface area contributed by atoms with Gasteiger partial charge in [0.05, 0.1) is 34.2 Å². The van der Waals surface area contributed by atoms with Gasteiger partial charge in [0.2, 0.25) is 0 Å². The second kappa shape index (κ2) is 6.83. The molecule has 3 nitrogen and oxygen atoms in total. The summed E-state index contributed by atoms with van der Waals surface area (Å²) in [7, 11) is -0.0302. The molecule has 6 heteroatoms. The second-order valence-electron chi connectivity index (χ2n) is 4.25. The maximum Gasteiger partial charge on any atom is 0.337 e. The Morgan fingerprint density at radius 1 is 1.24 bits per heavy atom. The number of carbonyl (C=O) groups excluding carboxylic acids is 1. The quantitative estimate of drug-likeness (QED) is 0.807. The van der Waals surface area contributed by atoms with Gasteiger partial charge in [-0.05, 0) is 35.9 Å². The molecule has 110 valence electrons. The topological polar surface area (TPSA) is 43.4 Å². The van der Waals surface area contributed by atoms with Gasteiger partial charge in [-0.25, -0.2) is 9.18 Å². The van der Waals surface area contributed by atoms with Crippen LogP contribution in [0.5, 0.6) is 0 Å². The van der Waals surface area contributed by atoms with Crippen molar-refractivity contribution in [3.8, 4) is 0 Å². The first-order valence-corrected chi connectivity index (χ1v) is 7.71. The molecule has 0 aliphatic carbocycles. The van der Waals surface area contributed by atoms with Crippen LogP contribution in [0.3, 0.4) is 0 Å². The molecule has 0 N–H and O–H groups in total. The predicted octanol–water partition coefficient (Wildman–Crippen LogP) is 3.57. The zero-order chi connectivity index (χ0) is 15.4. The Hall–Kier alpha value is -1.72. The maximum absolute atomic E-state index is 13.1. The molecular weight excluding hydrogens is 315 g/mol. The van der Waals surface area contributed by atoms with Crippen LogP contribution in [0.2, 0.25) is 5.02 Å². The fraction of sp³-hybridized carbons (Fsp3) is 0.133. The van der Waals surface area contributed by atoms with Gasteiger partial charge >= 0.3 is 5.97 Å². The molecule has 0 saturated heterocycles. The van der Waals surface area contributed by atoms with Crippen LogP contribution in [-0.4, -0.2) is 17.3 Å². The van der Waals surface area contributed by atoms with Gasteiger partial charge in [-0.3, -0.25) is 4.21 Å². The Balaban J connectivity index is 2.12. The Labute approximate surface area is 129 Å². The maximum atomic E-state index is 13.1. The standard InChI is InChI=1S/C15H12ClFO3S/c1-20-15(18)11-4-2-10(3-5-11)9-21(19)12-6-7-14(17)13(16)8-12/h2-8H,9H2,1H3. The molecule has 1 atom stereocenters. The van der Waals surface area contributed by atoms with Crippen LogP contribution in [-0.2, 0) is 21.3 Å². The van der Waals surface area contributed by atoms with Crippen molar-refractivity contribution in [3.05, 3.63) is 64.4 Å². The SMILES string of the molecule is COC(=O)c1ccc(CS(=O)c2ccc(F)c(Cl)c2)cc1. The summed E-state index contributed by atoms with van der Waals surface area (Å²) in [6, 6.07) is 10.6. The number of hydrogen-bond acceptors (Lipinski definition) is 3. The summed E-state index contributed by atoms with van der Waals surface area (Å²) in [6.07, 6.45) is 0. The molecule has 1 unspecified atom stereocenters. The molecule has 0 spiro atoms. The van der Waals surface area contributed by atoms with Crippen molar-refractivity contribution < 1.29 is 18.1 Å². The summed E-state index contributed by atoms with van der Waals surface area (Å²) in [5.74, 6) is -0.712. The van der Waals surface area contributed by atoms with E-state index < -0.39 is 22.6 Å². The first-order valence-electron chi connectivity index (χ1n) is 6.02. The van der Waals surface area contributed by atoms with E-state index in [0.29, 0.717) is 10.5 Å². The van der Waals surface area contributed by atoms with E-state index in [4.69, 9.17) is 11.6 Å². The highest BCUT2D eigenvalue weighted by molar-refractivity contribution is 7.84. The summed E-state index contributed by atoms with van der Waals surface area (Å²) in [5.41, 5.74) is 1.22. The monoisotopic (exact) mass is 326 g/mol. The minimum absolute atomic E-state index is 0.0538. The smallest absolute Gasteiger partial charge is 0.337 e. The van der Waals surface area contributed by atoms with Crippen molar-refractivity contribution in [2.45, 2.75) is 10.6 Å². The lowest BCUT2D eigenvalue weighted by atomic mass is 10.1. The van der Waals surface area contributed by atoms with Gasteiger partial charge < -0.3 is 4.74 Å². The van der Waals surface area contributed by atoms with E-state index in [1.807, 2.05) is 0 Å². The van der Waals surface area contributed by atoms with Crippen molar-refractivity contribution in [1.82, 2.24) is 0 Å². The molecule has 21 heavy (non-hydrogen) atoms. The molecule has 2 rings (SSSR count). The third-order valence-electron chi connectivity index (χ3n) is 2.83. The first-order chi connectivity index (χ1) is 10.0. The lowest BCUT2D eigenvalue weighted by Crippen LogP contribution is -2.02. The average molecular weight is 327 g/mol. The number of benzene rings is 2. The van der Waals surface area contributed by atoms with Gasteiger partial charge in [-0.15, -0.1) is 0 Å². The van der Waals surface area contributed by atoms with Gasteiger partial charge in [0.25, 0.3) is 0 Å². The summed E-state index contributed by atoms with van der Waals surface area (Å²) < 4.78 is 29.9. The van der Waals surface area contributed by atoms with Crippen LogP contribution < -0.4 is 0 Å². The lowest BCUT2D eigenvalue weighted by molar-refractivity contribution is 0.0600. The Bertz CT molecular complexity index is 686. The molecule has 0 bridgehead atoms. The molecule has 0 aliphatic heterocycles. The van der Waals surface area contributed by atoms with Crippen LogP contribution in [0.15, 0.2) is 47.4 Å². The van der Waals surface area contributed by atoms with Gasteiger partial charge in [0.1, 0.15) is 5.82 Å². The van der Waals surface area contributed by atoms with Crippen LogP contribution in [0.25, 0.3) is 0 Å². The number of carbonyl (C=O) groups is 1. The third kappa shape index (κ3) is 3.89. The minimum Gasteiger partial charge on any atom is -0.465 e. The molecule has 2 aromatic carbocycles. The molecule has 0 aromatic heterocycles. The minimum atomic E-state index is -1.34. The van der Waals surface area contributed by atoms with Crippen molar-refractivity contribution >= 4 is 28.4 Å². The fourth-order valence-electron chi connectivity index (χ4n) is 1.71. The number of halogens is 2. The van der Waals surface area contributed by atoms with E-state index in [1.54, 1.807) is 24.3 Å². The second-order valence-corrected chi connectivity index (χ2v) is 6.11. The van der Waals surface area contributed by atoms with Crippen LogP contribution in [0.4, 0.5) is 4.39 Å². The Morgan fingerprint density at radius 2 is 1.90 bits per heavy atom. The van der Waals surface area contributed by atoms with Crippen molar-refractivity contribution in [2.24, 2.45) is 0 Å². The van der Waals surface area contributed by atoms with E-state index in [9.17, 15) is 13.4 Å². The van der Waals surface area contributed by atoms with E-state index >= 15 is 0 Å². The van der Waals surface area contributed by atoms with Crippen LogP contribution >= 0.6 is 11.6 Å². The molecule has 0 heterocycles. The molecule has 0 radical (unpaired) electrons. The summed E-state index contributed by atoms with van der Waals surface area (Å²) >= 11 is 5.67. The molecule has 2 aromatic rings. The summed E-state index contributed by atoms with van der Waals surface area (Å²) in [6.45, 7) is 0. The Kier molecular flexibility index (Phi) is 5.09. The van der Waals surface area contributed by atoms with E-state index in [1.165, 1.54) is 25.3 Å². The van der Waals surface area contributed by atoms with Crippen molar-refractivity contribution in [3.63, 3.8) is 0 Å². The summed E-state index contributed by atoms with van der Waals surface area (Å²) in [5, 5.41) is -0.0538. The summed E-state index contributed by atoms with van der Waals surface area (Å²) in [4.78, 5) is 11.8. The highest BCUT2D eigenvalue weighted by Crippen LogP contribution is 2.20. The number of ether oxygens (including phenoxy) is 1. The Morgan fingerprint density at radius 3 is 2.48 bits per heavy atom. The van der Waals surface area contributed by atoms with E-state index in [-0.39, 0.29) is 10.8 Å². The largest absolute Gasteiger partial charge is 0.465 e. The lowest BCUT2D eigenvalue weighted by Gasteiger charge is -2.05. The van der Waals surface area contributed by atoms with Crippen molar-refractivity contribution in [2.75, 3.05) is 7.11 Å². The van der Waals surface area contributed by atoms with Crippen LogP contribution in [0.1, 0.15) is 15.9 Å². The zero-order valence-corrected chi connectivity index (χ0v) is 12.7. The number of esters is 1. The van der Waals surface area contributed by atoms with Crippen molar-refractivity contribution in [1.29, 1.82) is 0 Å². The molecule has 0 amide bonds. The van der Waals surface area contributed by atoms with E-state index in [0.717, 1.165) is 5.56 Å². The molecule has 0 aliphatic rings. The van der Waals surface area contributed by atoms with Gasteiger partial charge in [-0.1, -0.05) is 23.7 Å². The number of rotatable bonds is 4. The average Bonchev–Trinajstić information content (AvgIpc) is 2.50. The van der Waals surface area contributed by atoms with E-state index in [2.05, 4.69) is 4.74 Å². The highest BCUT2D eigenvalue weighted by Gasteiger charge is 2.10. The van der Waals surface area contributed by atoms with Gasteiger partial charge in [0.15, 0.2) is 0 Å². The van der Waals surface area contributed by atoms with Crippen LogP contribution in [0, 0.1) is 5.82 Å². The molecular formula is C15H12ClFO3S. The first kappa shape index (κ1) is 15.7. The van der Waals surface area contributed by atoms with Gasteiger partial charge in [-0.2, -0.15) is 0 Å². The number of hydrogen-bond donors (Lipinski definition) is 0. The highest BCUT2D eigenvalue weighted by atomic mass is 35.5. The molecule has 0 saturated carbocycles. The zero-order valence-electron chi connectivity index (χ0n) is 11.1. The predicted molar refractivity (Wildman–Crippen MR) is 79.3 cm³/mol. The number of methoxy groups -OCH3 is 1. The molecule has 0 fully saturated rings. The third-order valence-corrected chi connectivity index (χ3v) is 4.49. The normalized spacial score (nSPS) is 12.0. The van der Waals surface area contributed by atoms with Gasteiger partial charge in [0, 0.05) is 4.90 Å². The fourth-order valence-corrected chi connectivity index (χ4v) is 3.08.